The highest BCUT2D eigenvalue weighted by atomic mass is 16.5. The van der Waals surface area contributed by atoms with Crippen molar-refractivity contribution >= 4 is 29.1 Å². The van der Waals surface area contributed by atoms with Crippen molar-refractivity contribution in [2.75, 3.05) is 37.9 Å². The summed E-state index contributed by atoms with van der Waals surface area (Å²) in [5, 5.41) is 9.23. The van der Waals surface area contributed by atoms with Crippen molar-refractivity contribution in [2.24, 2.45) is 0 Å². The average molecular weight is 438 g/mol. The number of fused-ring (bicyclic) bond motifs is 1. The molecule has 1 spiro atoms. The number of para-hydroxylation sites is 1. The molecule has 9 nitrogen and oxygen atoms in total. The van der Waals surface area contributed by atoms with Gasteiger partial charge in [-0.15, -0.1) is 0 Å². The van der Waals surface area contributed by atoms with E-state index in [1.54, 1.807) is 31.4 Å². The van der Waals surface area contributed by atoms with Crippen LogP contribution < -0.4 is 25.4 Å². The summed E-state index contributed by atoms with van der Waals surface area (Å²) in [7, 11) is 3.05. The molecule has 1 unspecified atom stereocenters. The number of nitrogens with one attached hydrogen (secondary N) is 3. The van der Waals surface area contributed by atoms with Crippen LogP contribution in [0.15, 0.2) is 42.5 Å². The maximum atomic E-state index is 12.7. The molecule has 2 aliphatic rings. The average Bonchev–Trinajstić information content (AvgIpc) is 2.93. The van der Waals surface area contributed by atoms with E-state index in [1.165, 1.54) is 12.0 Å². The van der Waals surface area contributed by atoms with E-state index in [-0.39, 0.29) is 30.7 Å². The van der Waals surface area contributed by atoms with Gasteiger partial charge in [0.05, 0.1) is 32.0 Å². The molecule has 0 saturated carbocycles. The number of rotatable bonds is 5. The Bertz CT molecular complexity index is 1060. The minimum Gasteiger partial charge on any atom is -0.497 e. The second-order valence-electron chi connectivity index (χ2n) is 7.89. The lowest BCUT2D eigenvalue weighted by Gasteiger charge is -2.39. The number of nitrogens with zero attached hydrogens (tertiary/aromatic N) is 1. The van der Waals surface area contributed by atoms with Gasteiger partial charge in [0.15, 0.2) is 0 Å². The summed E-state index contributed by atoms with van der Waals surface area (Å²) in [6.45, 7) is 0.246. The molecule has 0 radical (unpaired) electrons. The van der Waals surface area contributed by atoms with Crippen molar-refractivity contribution in [2.45, 2.75) is 24.9 Å². The fraction of sp³-hybridized carbons (Fsp3) is 0.348. The lowest BCUT2D eigenvalue weighted by molar-refractivity contribution is -0.134. The maximum Gasteiger partial charge on any atom is 0.255 e. The molecule has 0 bridgehead atoms. The van der Waals surface area contributed by atoms with Crippen LogP contribution in [0.4, 0.5) is 11.4 Å². The van der Waals surface area contributed by atoms with E-state index in [0.717, 1.165) is 5.69 Å². The Morgan fingerprint density at radius 1 is 1.09 bits per heavy atom. The Morgan fingerprint density at radius 3 is 2.69 bits per heavy atom. The Morgan fingerprint density at radius 2 is 1.91 bits per heavy atom. The molecule has 0 aliphatic carbocycles. The third kappa shape index (κ3) is 4.32. The summed E-state index contributed by atoms with van der Waals surface area (Å²) in [4.78, 5) is 39.5. The highest BCUT2D eigenvalue weighted by Gasteiger charge is 2.40. The van der Waals surface area contributed by atoms with Gasteiger partial charge in [0, 0.05) is 31.1 Å². The van der Waals surface area contributed by atoms with Gasteiger partial charge < -0.3 is 30.3 Å². The Kier molecular flexibility index (Phi) is 5.89. The molecular weight excluding hydrogens is 412 g/mol. The Balaban J connectivity index is 1.42. The maximum absolute atomic E-state index is 12.7. The van der Waals surface area contributed by atoms with Gasteiger partial charge in [-0.3, -0.25) is 14.4 Å². The summed E-state index contributed by atoms with van der Waals surface area (Å²) in [5.74, 6) is 0.449. The summed E-state index contributed by atoms with van der Waals surface area (Å²) in [5.41, 5.74) is 1.11. The predicted octanol–water partition coefficient (Wildman–Crippen LogP) is 2.21. The molecule has 1 saturated heterocycles. The molecule has 0 aromatic heterocycles. The largest absolute Gasteiger partial charge is 0.497 e. The number of carbonyl (C=O) groups is 3. The van der Waals surface area contributed by atoms with Gasteiger partial charge in [-0.05, 0) is 30.7 Å². The number of hydrogen-bond donors (Lipinski definition) is 3. The molecule has 2 aromatic rings. The SMILES string of the molecule is COc1ccc(NC(=O)CN2CCC3(CCC2=O)NC(=O)c2ccccc2N3)c(OC)c1. The number of methoxy groups -OCH3 is 2. The Hall–Kier alpha value is -3.75. The number of amides is 3. The summed E-state index contributed by atoms with van der Waals surface area (Å²) >= 11 is 0. The van der Waals surface area contributed by atoms with Crippen molar-refractivity contribution < 1.29 is 23.9 Å². The zero-order chi connectivity index (χ0) is 22.7. The van der Waals surface area contributed by atoms with E-state index < -0.39 is 5.66 Å². The lowest BCUT2D eigenvalue weighted by atomic mass is 9.95. The number of ether oxygens (including phenoxy) is 2. The van der Waals surface area contributed by atoms with Crippen LogP contribution in [0.25, 0.3) is 0 Å². The van der Waals surface area contributed by atoms with E-state index in [0.29, 0.717) is 42.1 Å². The minimum absolute atomic E-state index is 0.0887. The molecule has 168 valence electrons. The highest BCUT2D eigenvalue weighted by molar-refractivity contribution is 6.02. The normalized spacial score (nSPS) is 20.0. The molecule has 9 heteroatoms. The van der Waals surface area contributed by atoms with Gasteiger partial charge in [-0.1, -0.05) is 12.1 Å². The van der Waals surface area contributed by atoms with E-state index in [1.807, 2.05) is 18.2 Å². The first kappa shape index (κ1) is 21.5. The van der Waals surface area contributed by atoms with Crippen LogP contribution in [0.3, 0.4) is 0 Å². The van der Waals surface area contributed by atoms with Gasteiger partial charge in [0.2, 0.25) is 11.8 Å². The number of hydrogen-bond acceptors (Lipinski definition) is 6. The first-order valence-electron chi connectivity index (χ1n) is 10.4. The molecule has 3 N–H and O–H groups in total. The second-order valence-corrected chi connectivity index (χ2v) is 7.89. The fourth-order valence-corrected chi connectivity index (χ4v) is 4.10. The first-order chi connectivity index (χ1) is 15.4. The van der Waals surface area contributed by atoms with Crippen LogP contribution in [0.1, 0.15) is 29.6 Å². The third-order valence-electron chi connectivity index (χ3n) is 5.84. The fourth-order valence-electron chi connectivity index (χ4n) is 4.10. The quantitative estimate of drug-likeness (QED) is 0.661. The molecule has 2 heterocycles. The lowest BCUT2D eigenvalue weighted by Crippen LogP contribution is -2.58. The van der Waals surface area contributed by atoms with Crippen molar-refractivity contribution in [1.82, 2.24) is 10.2 Å². The predicted molar refractivity (Wildman–Crippen MR) is 119 cm³/mol. The summed E-state index contributed by atoms with van der Waals surface area (Å²) in [6.07, 6.45) is 1.14. The standard InChI is InChI=1S/C23H26N4O5/c1-31-15-7-8-18(19(13-15)32-2)24-20(28)14-27-12-11-23(10-9-21(27)29)25-17-6-4-3-5-16(17)22(30)26-23/h3-8,13,25H,9-12,14H2,1-2H3,(H,24,28)(H,26,30). The van der Waals surface area contributed by atoms with E-state index in [2.05, 4.69) is 16.0 Å². The van der Waals surface area contributed by atoms with Gasteiger partial charge >= 0.3 is 0 Å². The molecule has 1 fully saturated rings. The second kappa shape index (κ2) is 8.78. The summed E-state index contributed by atoms with van der Waals surface area (Å²) in [6, 6.07) is 12.4. The zero-order valence-corrected chi connectivity index (χ0v) is 18.1. The molecule has 32 heavy (non-hydrogen) atoms. The third-order valence-corrected chi connectivity index (χ3v) is 5.84. The molecule has 1 atom stereocenters. The topological polar surface area (TPSA) is 109 Å². The number of likely N-dealkylation sites (tertiary alicyclic amines) is 1. The molecule has 2 aliphatic heterocycles. The molecule has 4 rings (SSSR count). The first-order valence-corrected chi connectivity index (χ1v) is 10.4. The van der Waals surface area contributed by atoms with Crippen LogP contribution in [0.5, 0.6) is 11.5 Å². The number of anilines is 2. The minimum atomic E-state index is -0.717. The van der Waals surface area contributed by atoms with Crippen molar-refractivity contribution in [3.05, 3.63) is 48.0 Å². The number of benzene rings is 2. The smallest absolute Gasteiger partial charge is 0.255 e. The zero-order valence-electron chi connectivity index (χ0n) is 18.1. The molecule has 2 aromatic carbocycles. The molecular formula is C23H26N4O5. The molecule has 3 amide bonds. The van der Waals surface area contributed by atoms with E-state index in [9.17, 15) is 14.4 Å². The van der Waals surface area contributed by atoms with Gasteiger partial charge in [0.1, 0.15) is 17.2 Å². The van der Waals surface area contributed by atoms with Crippen molar-refractivity contribution in [3.63, 3.8) is 0 Å². The van der Waals surface area contributed by atoms with Crippen molar-refractivity contribution in [3.8, 4) is 11.5 Å². The summed E-state index contributed by atoms with van der Waals surface area (Å²) < 4.78 is 10.5. The van der Waals surface area contributed by atoms with E-state index in [4.69, 9.17) is 9.47 Å². The van der Waals surface area contributed by atoms with Crippen LogP contribution in [-0.4, -0.2) is 55.6 Å². The van der Waals surface area contributed by atoms with Gasteiger partial charge in [-0.25, -0.2) is 0 Å². The van der Waals surface area contributed by atoms with Crippen LogP contribution in [0, 0.1) is 0 Å². The Labute approximate surface area is 186 Å². The van der Waals surface area contributed by atoms with Crippen LogP contribution >= 0.6 is 0 Å². The van der Waals surface area contributed by atoms with Gasteiger partial charge in [-0.2, -0.15) is 0 Å². The van der Waals surface area contributed by atoms with Crippen molar-refractivity contribution in [1.29, 1.82) is 0 Å². The van der Waals surface area contributed by atoms with Crippen LogP contribution in [-0.2, 0) is 9.59 Å². The highest BCUT2D eigenvalue weighted by Crippen LogP contribution is 2.32. The number of carbonyl (C=O) groups excluding carboxylic acids is 3. The van der Waals surface area contributed by atoms with E-state index >= 15 is 0 Å². The monoisotopic (exact) mass is 438 g/mol. The van der Waals surface area contributed by atoms with Gasteiger partial charge in [0.25, 0.3) is 5.91 Å². The van der Waals surface area contributed by atoms with Crippen LogP contribution in [0.2, 0.25) is 0 Å².